The highest BCUT2D eigenvalue weighted by atomic mass is 32.2. The van der Waals surface area contributed by atoms with Crippen molar-refractivity contribution in [3.05, 3.63) is 64.9 Å². The summed E-state index contributed by atoms with van der Waals surface area (Å²) < 4.78 is 0. The molecule has 0 saturated carbocycles. The van der Waals surface area contributed by atoms with Crippen LogP contribution in [-0.2, 0) is 0 Å². The van der Waals surface area contributed by atoms with Crippen molar-refractivity contribution in [1.82, 2.24) is 0 Å². The van der Waals surface area contributed by atoms with Gasteiger partial charge in [-0.15, -0.1) is 11.8 Å². The summed E-state index contributed by atoms with van der Waals surface area (Å²) in [5.41, 5.74) is 3.96. The van der Waals surface area contributed by atoms with Gasteiger partial charge in [-0.1, -0.05) is 43.5 Å². The Balaban J connectivity index is 2.88. The van der Waals surface area contributed by atoms with E-state index in [1.54, 1.807) is 11.8 Å². The molecule has 1 heteroatoms. The zero-order chi connectivity index (χ0) is 12.0. The highest BCUT2D eigenvalue weighted by molar-refractivity contribution is 8.05. The van der Waals surface area contributed by atoms with Gasteiger partial charge < -0.3 is 0 Å². The van der Waals surface area contributed by atoms with Crippen molar-refractivity contribution >= 4 is 17.3 Å². The molecule has 84 valence electrons. The van der Waals surface area contributed by atoms with Gasteiger partial charge in [0.15, 0.2) is 0 Å². The first-order valence-electron chi connectivity index (χ1n) is 5.35. The van der Waals surface area contributed by atoms with Gasteiger partial charge in [-0.3, -0.25) is 0 Å². The van der Waals surface area contributed by atoms with E-state index < -0.39 is 0 Å². The Hall–Kier alpha value is -1.21. The molecule has 0 heterocycles. The molecule has 0 atom stereocenters. The average molecular weight is 230 g/mol. The lowest BCUT2D eigenvalue weighted by molar-refractivity contribution is 1.32. The fourth-order valence-electron chi connectivity index (χ4n) is 1.66. The van der Waals surface area contributed by atoms with E-state index in [2.05, 4.69) is 57.3 Å². The first-order chi connectivity index (χ1) is 7.69. The molecule has 0 aliphatic carbocycles. The van der Waals surface area contributed by atoms with E-state index in [1.165, 1.54) is 16.7 Å². The molecule has 0 N–H and O–H groups in total. The Bertz CT molecular complexity index is 413. The third-order valence-electron chi connectivity index (χ3n) is 2.48. The number of aryl methyl sites for hydroxylation is 1. The molecule has 0 spiro atoms. The zero-order valence-electron chi connectivity index (χ0n) is 9.99. The molecule has 0 aliphatic heterocycles. The van der Waals surface area contributed by atoms with Gasteiger partial charge in [0, 0.05) is 6.42 Å². The van der Waals surface area contributed by atoms with Crippen LogP contribution in [0.25, 0.3) is 5.57 Å². The maximum absolute atomic E-state index is 4.04. The average Bonchev–Trinajstić information content (AvgIpc) is 2.27. The van der Waals surface area contributed by atoms with Crippen LogP contribution in [0.2, 0.25) is 0 Å². The summed E-state index contributed by atoms with van der Waals surface area (Å²) in [5, 5.41) is 1.83. The summed E-state index contributed by atoms with van der Waals surface area (Å²) in [6, 6.07) is 8.45. The summed E-state index contributed by atoms with van der Waals surface area (Å²) in [6.45, 7) is 12.0. The van der Waals surface area contributed by atoms with Crippen LogP contribution in [0.3, 0.4) is 0 Å². The molecule has 1 rings (SSSR count). The molecule has 0 saturated heterocycles. The summed E-state index contributed by atoms with van der Waals surface area (Å²) in [6.07, 6.45) is 3.06. The van der Waals surface area contributed by atoms with Crippen LogP contribution in [0.4, 0.5) is 0 Å². The first kappa shape index (κ1) is 12.9. The van der Waals surface area contributed by atoms with E-state index >= 15 is 0 Å². The van der Waals surface area contributed by atoms with Crippen molar-refractivity contribution < 1.29 is 0 Å². The van der Waals surface area contributed by atoms with Crippen molar-refractivity contribution in [1.29, 1.82) is 0 Å². The summed E-state index contributed by atoms with van der Waals surface area (Å²) >= 11 is 1.60. The molecular formula is C15H18S. The highest BCUT2D eigenvalue weighted by Crippen LogP contribution is 2.29. The van der Waals surface area contributed by atoms with Crippen LogP contribution in [0.1, 0.15) is 24.5 Å². The van der Waals surface area contributed by atoms with Gasteiger partial charge in [0.05, 0.1) is 0 Å². The van der Waals surface area contributed by atoms with Crippen LogP contribution < -0.4 is 0 Å². The topological polar surface area (TPSA) is 0 Å². The number of rotatable bonds is 5. The van der Waals surface area contributed by atoms with Crippen molar-refractivity contribution in [2.75, 3.05) is 0 Å². The van der Waals surface area contributed by atoms with Crippen molar-refractivity contribution in [2.45, 2.75) is 20.3 Å². The smallest absolute Gasteiger partial charge is 0.00346 e. The Kier molecular flexibility index (Phi) is 5.13. The summed E-state index contributed by atoms with van der Waals surface area (Å²) in [4.78, 5) is 1.13. The second-order valence-electron chi connectivity index (χ2n) is 3.63. The number of benzene rings is 1. The molecular weight excluding hydrogens is 212 g/mol. The number of hydrogen-bond acceptors (Lipinski definition) is 1. The minimum absolute atomic E-state index is 0.901. The molecule has 1 aromatic carbocycles. The summed E-state index contributed by atoms with van der Waals surface area (Å²) in [5.74, 6) is 0. The lowest BCUT2D eigenvalue weighted by Gasteiger charge is -2.11. The maximum Gasteiger partial charge on any atom is 0.00346 e. The summed E-state index contributed by atoms with van der Waals surface area (Å²) in [7, 11) is 0. The molecule has 1 aromatic rings. The number of allylic oxidation sites excluding steroid dienone is 3. The van der Waals surface area contributed by atoms with E-state index in [9.17, 15) is 0 Å². The number of thioether (sulfide) groups is 1. The van der Waals surface area contributed by atoms with E-state index in [0.717, 1.165) is 11.3 Å². The fourth-order valence-corrected chi connectivity index (χ4v) is 2.13. The number of hydrogen-bond donors (Lipinski definition) is 0. The third kappa shape index (κ3) is 3.42. The van der Waals surface area contributed by atoms with E-state index in [0.29, 0.717) is 0 Å². The monoisotopic (exact) mass is 230 g/mol. The SMILES string of the molecule is C=CSC(=C)C/C(=C\C)c1ccccc1C. The van der Waals surface area contributed by atoms with Crippen molar-refractivity contribution in [3.8, 4) is 0 Å². The molecule has 0 fully saturated rings. The molecule has 0 radical (unpaired) electrons. The van der Waals surface area contributed by atoms with Crippen LogP contribution >= 0.6 is 11.8 Å². The molecule has 0 amide bonds. The molecule has 0 aromatic heterocycles. The van der Waals surface area contributed by atoms with E-state index in [1.807, 2.05) is 5.41 Å². The van der Waals surface area contributed by atoms with Gasteiger partial charge in [0.1, 0.15) is 0 Å². The van der Waals surface area contributed by atoms with Crippen LogP contribution in [0.5, 0.6) is 0 Å². The lowest BCUT2D eigenvalue weighted by atomic mass is 9.98. The van der Waals surface area contributed by atoms with Gasteiger partial charge in [0.2, 0.25) is 0 Å². The van der Waals surface area contributed by atoms with Gasteiger partial charge in [-0.25, -0.2) is 0 Å². The van der Waals surface area contributed by atoms with Crippen molar-refractivity contribution in [2.24, 2.45) is 0 Å². The molecule has 0 bridgehead atoms. The zero-order valence-corrected chi connectivity index (χ0v) is 10.8. The first-order valence-corrected chi connectivity index (χ1v) is 6.23. The Morgan fingerprint density at radius 1 is 1.38 bits per heavy atom. The molecule has 16 heavy (non-hydrogen) atoms. The third-order valence-corrected chi connectivity index (χ3v) is 3.12. The van der Waals surface area contributed by atoms with Gasteiger partial charge in [-0.2, -0.15) is 0 Å². The van der Waals surface area contributed by atoms with Crippen LogP contribution in [0.15, 0.2) is 53.8 Å². The minimum Gasteiger partial charge on any atom is -0.103 e. The predicted octanol–water partition coefficient (Wildman–Crippen LogP) is 5.18. The van der Waals surface area contributed by atoms with Crippen molar-refractivity contribution in [3.63, 3.8) is 0 Å². The largest absolute Gasteiger partial charge is 0.103 e. The van der Waals surface area contributed by atoms with Gasteiger partial charge in [0.25, 0.3) is 0 Å². The molecule has 0 unspecified atom stereocenters. The van der Waals surface area contributed by atoms with E-state index in [4.69, 9.17) is 0 Å². The minimum atomic E-state index is 0.901. The predicted molar refractivity (Wildman–Crippen MR) is 76.4 cm³/mol. The second kappa shape index (κ2) is 6.39. The molecule has 0 aliphatic rings. The van der Waals surface area contributed by atoms with Crippen LogP contribution in [0, 0.1) is 6.92 Å². The maximum atomic E-state index is 4.04. The second-order valence-corrected chi connectivity index (χ2v) is 4.78. The lowest BCUT2D eigenvalue weighted by Crippen LogP contribution is -1.89. The normalized spacial score (nSPS) is 11.2. The van der Waals surface area contributed by atoms with E-state index in [-0.39, 0.29) is 0 Å². The fraction of sp³-hybridized carbons (Fsp3) is 0.200. The highest BCUT2D eigenvalue weighted by Gasteiger charge is 2.05. The van der Waals surface area contributed by atoms with Gasteiger partial charge >= 0.3 is 0 Å². The Morgan fingerprint density at radius 2 is 2.06 bits per heavy atom. The standard InChI is InChI=1S/C15H18S/c1-5-14(11-13(4)16-6-2)15-10-8-7-9-12(15)3/h5-10H,2,4,11H2,1,3H3/b14-5+. The van der Waals surface area contributed by atoms with Gasteiger partial charge in [-0.05, 0) is 40.9 Å². The van der Waals surface area contributed by atoms with Crippen LogP contribution in [-0.4, -0.2) is 0 Å². The Labute approximate surface area is 103 Å². The quantitative estimate of drug-likeness (QED) is 0.671. The Morgan fingerprint density at radius 3 is 2.62 bits per heavy atom. The molecule has 0 nitrogen and oxygen atoms in total.